The van der Waals surface area contributed by atoms with Crippen LogP contribution >= 0.6 is 23.1 Å². The first-order valence-corrected chi connectivity index (χ1v) is 11.3. The maximum atomic E-state index is 12.0. The van der Waals surface area contributed by atoms with Gasteiger partial charge in [-0.05, 0) is 37.3 Å². The molecule has 9 heteroatoms. The molecule has 1 aromatic heterocycles. The molecule has 0 spiro atoms. The molecule has 1 fully saturated rings. The number of hydrogen-bond donors (Lipinski definition) is 3. The van der Waals surface area contributed by atoms with Gasteiger partial charge in [-0.1, -0.05) is 61.1 Å². The maximum Gasteiger partial charge on any atom is 0.321 e. The zero-order valence-electron chi connectivity index (χ0n) is 16.1. The number of thioether (sulfide) groups is 1. The summed E-state index contributed by atoms with van der Waals surface area (Å²) >= 11 is 2.66. The zero-order valence-corrected chi connectivity index (χ0v) is 17.7. The van der Waals surface area contributed by atoms with Crippen molar-refractivity contribution in [1.82, 2.24) is 20.8 Å². The monoisotopic (exact) mass is 419 g/mol. The second kappa shape index (κ2) is 9.88. The molecule has 1 aliphatic carbocycles. The van der Waals surface area contributed by atoms with Gasteiger partial charge in [0, 0.05) is 11.7 Å². The maximum absolute atomic E-state index is 12.0. The summed E-state index contributed by atoms with van der Waals surface area (Å²) in [6, 6.07) is 5.96. The molecular formula is C19H25N5O2S2. The van der Waals surface area contributed by atoms with Gasteiger partial charge < -0.3 is 10.6 Å². The number of rotatable bonds is 7. The Morgan fingerprint density at radius 3 is 2.79 bits per heavy atom. The average molecular weight is 420 g/mol. The minimum absolute atomic E-state index is 0.122. The van der Waals surface area contributed by atoms with Crippen molar-refractivity contribution in [3.8, 4) is 0 Å². The molecule has 0 atom stereocenters. The van der Waals surface area contributed by atoms with Crippen molar-refractivity contribution in [2.45, 2.75) is 56.3 Å². The van der Waals surface area contributed by atoms with Crippen LogP contribution in [0.1, 0.15) is 43.7 Å². The van der Waals surface area contributed by atoms with Gasteiger partial charge in [-0.25, -0.2) is 4.79 Å². The molecular weight excluding hydrogens is 394 g/mol. The van der Waals surface area contributed by atoms with Crippen LogP contribution in [0.4, 0.5) is 15.6 Å². The van der Waals surface area contributed by atoms with E-state index in [1.165, 1.54) is 28.7 Å². The normalized spacial score (nSPS) is 14.1. The lowest BCUT2D eigenvalue weighted by Gasteiger charge is -2.11. The lowest BCUT2D eigenvalue weighted by Crippen LogP contribution is -2.44. The van der Waals surface area contributed by atoms with E-state index >= 15 is 0 Å². The van der Waals surface area contributed by atoms with E-state index in [2.05, 4.69) is 52.1 Å². The summed E-state index contributed by atoms with van der Waals surface area (Å²) in [7, 11) is 0. The average Bonchev–Trinajstić information content (AvgIpc) is 3.33. The number of anilines is 2. The quantitative estimate of drug-likeness (QED) is 0.587. The second-order valence-electron chi connectivity index (χ2n) is 6.75. The Morgan fingerprint density at radius 2 is 2.04 bits per heavy atom. The Hall–Kier alpha value is -2.13. The van der Waals surface area contributed by atoms with E-state index in [1.54, 1.807) is 0 Å². The van der Waals surface area contributed by atoms with Crippen LogP contribution in [0.25, 0.3) is 0 Å². The van der Waals surface area contributed by atoms with E-state index in [1.807, 2.05) is 6.07 Å². The number of para-hydroxylation sites is 1. The first-order valence-electron chi connectivity index (χ1n) is 9.47. The van der Waals surface area contributed by atoms with Crippen LogP contribution in [0.3, 0.4) is 0 Å². The van der Waals surface area contributed by atoms with E-state index in [0.29, 0.717) is 9.47 Å². The SMILES string of the molecule is CCc1cccc(C)c1Nc1nnc(SCC(=O)NC(=O)NC2CCCC2)s1. The number of hydrogen-bond acceptors (Lipinski definition) is 7. The molecule has 1 aromatic carbocycles. The molecule has 3 N–H and O–H groups in total. The van der Waals surface area contributed by atoms with Gasteiger partial charge in [0.25, 0.3) is 0 Å². The van der Waals surface area contributed by atoms with Gasteiger partial charge >= 0.3 is 6.03 Å². The van der Waals surface area contributed by atoms with Gasteiger partial charge in [0.1, 0.15) is 0 Å². The van der Waals surface area contributed by atoms with Gasteiger partial charge in [0.15, 0.2) is 4.34 Å². The lowest BCUT2D eigenvalue weighted by atomic mass is 10.1. The van der Waals surface area contributed by atoms with Gasteiger partial charge in [-0.2, -0.15) is 0 Å². The van der Waals surface area contributed by atoms with Crippen LogP contribution in [-0.4, -0.2) is 33.9 Å². The van der Waals surface area contributed by atoms with Crippen molar-refractivity contribution in [3.63, 3.8) is 0 Å². The third-order valence-electron chi connectivity index (χ3n) is 4.65. The first kappa shape index (κ1) is 20.6. The second-order valence-corrected chi connectivity index (χ2v) is 8.95. The number of aromatic nitrogens is 2. The number of benzene rings is 1. The first-order chi connectivity index (χ1) is 13.5. The minimum atomic E-state index is -0.413. The highest BCUT2D eigenvalue weighted by atomic mass is 32.2. The summed E-state index contributed by atoms with van der Waals surface area (Å²) in [5.74, 6) is -0.213. The summed E-state index contributed by atoms with van der Waals surface area (Å²) < 4.78 is 0.681. The molecule has 0 radical (unpaired) electrons. The molecule has 0 aliphatic heterocycles. The van der Waals surface area contributed by atoms with E-state index in [9.17, 15) is 9.59 Å². The molecule has 3 amide bonds. The minimum Gasteiger partial charge on any atom is -0.335 e. The number of urea groups is 1. The van der Waals surface area contributed by atoms with Crippen LogP contribution in [0.5, 0.6) is 0 Å². The Labute approximate surface area is 173 Å². The van der Waals surface area contributed by atoms with Crippen LogP contribution in [0.15, 0.2) is 22.5 Å². The number of amides is 3. The van der Waals surface area contributed by atoms with Crippen molar-refractivity contribution < 1.29 is 9.59 Å². The Morgan fingerprint density at radius 1 is 1.25 bits per heavy atom. The zero-order chi connectivity index (χ0) is 19.9. The summed E-state index contributed by atoms with van der Waals surface area (Å²) in [5, 5.41) is 17.5. The summed E-state index contributed by atoms with van der Waals surface area (Å²) in [5.41, 5.74) is 3.42. The standard InChI is InChI=1S/C19H25N5O2S2/c1-3-13-8-6-7-12(2)16(13)22-18-23-24-19(28-18)27-11-15(25)21-17(26)20-14-9-4-5-10-14/h6-8,14H,3-5,9-11H2,1-2H3,(H,22,23)(H2,20,21,25,26). The number of nitrogens with zero attached hydrogens (tertiary/aromatic N) is 2. The van der Waals surface area contributed by atoms with Crippen molar-refractivity contribution in [1.29, 1.82) is 0 Å². The molecule has 0 bridgehead atoms. The smallest absolute Gasteiger partial charge is 0.321 e. The summed E-state index contributed by atoms with van der Waals surface area (Å²) in [6.45, 7) is 4.17. The third-order valence-corrected chi connectivity index (χ3v) is 6.62. The van der Waals surface area contributed by atoms with Crippen molar-refractivity contribution in [2.75, 3.05) is 11.1 Å². The molecule has 28 heavy (non-hydrogen) atoms. The summed E-state index contributed by atoms with van der Waals surface area (Å²) in [4.78, 5) is 23.8. The molecule has 7 nitrogen and oxygen atoms in total. The van der Waals surface area contributed by atoms with E-state index in [0.717, 1.165) is 43.4 Å². The van der Waals surface area contributed by atoms with E-state index in [-0.39, 0.29) is 17.7 Å². The number of carbonyl (C=O) groups excluding carboxylic acids is 2. The number of aryl methyl sites for hydroxylation is 2. The van der Waals surface area contributed by atoms with Crippen molar-refractivity contribution >= 4 is 45.9 Å². The molecule has 3 rings (SSSR count). The third kappa shape index (κ3) is 5.68. The topological polar surface area (TPSA) is 96.0 Å². The van der Waals surface area contributed by atoms with Gasteiger partial charge in [-0.15, -0.1) is 10.2 Å². The Balaban J connectivity index is 1.48. The summed E-state index contributed by atoms with van der Waals surface area (Å²) in [6.07, 6.45) is 5.15. The van der Waals surface area contributed by atoms with Gasteiger partial charge in [0.2, 0.25) is 11.0 Å². The highest BCUT2D eigenvalue weighted by Gasteiger charge is 2.18. The Kier molecular flexibility index (Phi) is 7.27. The van der Waals surface area contributed by atoms with Crippen LogP contribution in [0.2, 0.25) is 0 Å². The van der Waals surface area contributed by atoms with Crippen molar-refractivity contribution in [3.05, 3.63) is 29.3 Å². The predicted molar refractivity (Wildman–Crippen MR) is 113 cm³/mol. The highest BCUT2D eigenvalue weighted by molar-refractivity contribution is 8.01. The van der Waals surface area contributed by atoms with Crippen LogP contribution < -0.4 is 16.0 Å². The number of nitrogens with one attached hydrogen (secondary N) is 3. The van der Waals surface area contributed by atoms with Crippen LogP contribution in [0, 0.1) is 6.92 Å². The predicted octanol–water partition coefficient (Wildman–Crippen LogP) is 4.01. The fourth-order valence-corrected chi connectivity index (χ4v) is 4.77. The molecule has 150 valence electrons. The highest BCUT2D eigenvalue weighted by Crippen LogP contribution is 2.30. The van der Waals surface area contributed by atoms with E-state index < -0.39 is 6.03 Å². The Bertz CT molecular complexity index is 833. The fraction of sp³-hybridized carbons (Fsp3) is 0.474. The molecule has 1 heterocycles. The molecule has 0 saturated heterocycles. The number of imide groups is 1. The lowest BCUT2D eigenvalue weighted by molar-refractivity contribution is -0.117. The van der Waals surface area contributed by atoms with Gasteiger partial charge in [-0.3, -0.25) is 10.1 Å². The largest absolute Gasteiger partial charge is 0.335 e. The molecule has 0 unspecified atom stereocenters. The molecule has 1 saturated carbocycles. The van der Waals surface area contributed by atoms with Crippen LogP contribution in [-0.2, 0) is 11.2 Å². The molecule has 2 aromatic rings. The number of carbonyl (C=O) groups is 2. The van der Waals surface area contributed by atoms with Gasteiger partial charge in [0.05, 0.1) is 5.75 Å². The molecule has 1 aliphatic rings. The van der Waals surface area contributed by atoms with E-state index in [4.69, 9.17) is 0 Å². The van der Waals surface area contributed by atoms with Crippen molar-refractivity contribution in [2.24, 2.45) is 0 Å². The fourth-order valence-electron chi connectivity index (χ4n) is 3.21.